The predicted molar refractivity (Wildman–Crippen MR) is 102 cm³/mol. The van der Waals surface area contributed by atoms with Gasteiger partial charge in [-0.3, -0.25) is 14.4 Å². The Hall–Kier alpha value is -2.90. The lowest BCUT2D eigenvalue weighted by Gasteiger charge is -2.18. The molecule has 1 aromatic rings. The maximum absolute atomic E-state index is 12.0. The number of hydrogen-bond donors (Lipinski definition) is 3. The van der Waals surface area contributed by atoms with E-state index in [2.05, 4.69) is 10.6 Å². The Morgan fingerprint density at radius 2 is 1.57 bits per heavy atom. The van der Waals surface area contributed by atoms with Crippen molar-refractivity contribution in [3.05, 3.63) is 35.9 Å². The van der Waals surface area contributed by atoms with Crippen molar-refractivity contribution < 1.29 is 29.0 Å². The van der Waals surface area contributed by atoms with Crippen LogP contribution in [0.4, 0.5) is 0 Å². The zero-order valence-electron chi connectivity index (χ0n) is 16.4. The Morgan fingerprint density at radius 1 is 1.00 bits per heavy atom. The van der Waals surface area contributed by atoms with Crippen LogP contribution in [0, 0.1) is 5.92 Å². The van der Waals surface area contributed by atoms with Crippen LogP contribution in [0.3, 0.4) is 0 Å². The second-order valence-corrected chi connectivity index (χ2v) is 6.55. The zero-order chi connectivity index (χ0) is 21.1. The average molecular weight is 392 g/mol. The molecule has 1 aromatic carbocycles. The minimum Gasteiger partial charge on any atom is -0.480 e. The van der Waals surface area contributed by atoms with Crippen LogP contribution >= 0.6 is 0 Å². The van der Waals surface area contributed by atoms with Crippen LogP contribution in [0.5, 0.6) is 0 Å². The molecule has 3 N–H and O–H groups in total. The van der Waals surface area contributed by atoms with Gasteiger partial charge in [-0.15, -0.1) is 0 Å². The summed E-state index contributed by atoms with van der Waals surface area (Å²) in [5.74, 6) is -3.30. The molecular formula is C20H28N2O6. The number of carbonyl (C=O) groups is 4. The highest BCUT2D eigenvalue weighted by Gasteiger charge is 2.26. The molecule has 0 radical (unpaired) electrons. The smallest absolute Gasteiger partial charge is 0.326 e. The summed E-state index contributed by atoms with van der Waals surface area (Å²) in [5, 5.41) is 14.4. The van der Waals surface area contributed by atoms with E-state index >= 15 is 0 Å². The van der Waals surface area contributed by atoms with E-state index in [9.17, 15) is 24.3 Å². The van der Waals surface area contributed by atoms with Crippen molar-refractivity contribution in [3.8, 4) is 0 Å². The second-order valence-electron chi connectivity index (χ2n) is 6.55. The van der Waals surface area contributed by atoms with Crippen molar-refractivity contribution in [2.24, 2.45) is 5.92 Å². The first-order valence-electron chi connectivity index (χ1n) is 9.27. The average Bonchev–Trinajstić information content (AvgIpc) is 2.66. The van der Waals surface area contributed by atoms with E-state index < -0.39 is 29.8 Å². The number of nitrogens with one attached hydrogen (secondary N) is 2. The number of amides is 2. The number of carboxylic acids is 1. The van der Waals surface area contributed by atoms with E-state index in [1.54, 1.807) is 13.8 Å². The summed E-state index contributed by atoms with van der Waals surface area (Å²) in [7, 11) is 0. The van der Waals surface area contributed by atoms with Gasteiger partial charge in [0.1, 0.15) is 6.04 Å². The highest BCUT2D eigenvalue weighted by atomic mass is 16.5. The highest BCUT2D eigenvalue weighted by Crippen LogP contribution is 2.12. The molecule has 0 aliphatic heterocycles. The second kappa shape index (κ2) is 11.7. The van der Waals surface area contributed by atoms with Gasteiger partial charge in [-0.2, -0.15) is 0 Å². The van der Waals surface area contributed by atoms with Crippen LogP contribution in [0.1, 0.15) is 51.6 Å². The molecule has 2 amide bonds. The summed E-state index contributed by atoms with van der Waals surface area (Å²) >= 11 is 0. The number of carbonyl (C=O) groups excluding carboxylic acids is 3. The molecule has 0 aliphatic carbocycles. The molecule has 0 bridgehead atoms. The molecule has 3 atom stereocenters. The number of ether oxygens (including phenoxy) is 1. The SMILES string of the molecule is CCOC(=O)[C@@H](C)C[C@H](NC(=O)CCC(=O)N[C@H](C)c1ccccc1)C(=O)O. The molecule has 8 heteroatoms. The fourth-order valence-corrected chi connectivity index (χ4v) is 2.59. The zero-order valence-corrected chi connectivity index (χ0v) is 16.4. The van der Waals surface area contributed by atoms with Gasteiger partial charge in [0, 0.05) is 12.8 Å². The van der Waals surface area contributed by atoms with E-state index in [1.165, 1.54) is 0 Å². The molecule has 0 heterocycles. The topological polar surface area (TPSA) is 122 Å². The minimum atomic E-state index is -1.24. The summed E-state index contributed by atoms with van der Waals surface area (Å²) in [5.41, 5.74) is 0.944. The molecule has 0 spiro atoms. The fourth-order valence-electron chi connectivity index (χ4n) is 2.59. The first kappa shape index (κ1) is 23.1. The van der Waals surface area contributed by atoms with E-state index in [-0.39, 0.29) is 37.8 Å². The van der Waals surface area contributed by atoms with Gasteiger partial charge in [0.2, 0.25) is 11.8 Å². The summed E-state index contributed by atoms with van der Waals surface area (Å²) in [6.45, 7) is 5.23. The van der Waals surface area contributed by atoms with E-state index in [0.717, 1.165) is 5.56 Å². The number of aliphatic carboxylic acids is 1. The number of carboxylic acid groups (broad SMARTS) is 1. The quantitative estimate of drug-likeness (QED) is 0.494. The molecule has 0 unspecified atom stereocenters. The summed E-state index contributed by atoms with van der Waals surface area (Å²) < 4.78 is 4.84. The number of esters is 1. The van der Waals surface area contributed by atoms with Crippen molar-refractivity contribution in [2.75, 3.05) is 6.61 Å². The molecule has 0 saturated carbocycles. The third kappa shape index (κ3) is 8.20. The number of rotatable bonds is 11. The van der Waals surface area contributed by atoms with Crippen molar-refractivity contribution >= 4 is 23.8 Å². The van der Waals surface area contributed by atoms with Crippen molar-refractivity contribution in [2.45, 2.75) is 52.1 Å². The number of hydrogen-bond acceptors (Lipinski definition) is 5. The highest BCUT2D eigenvalue weighted by molar-refractivity contribution is 5.87. The van der Waals surface area contributed by atoms with Gasteiger partial charge < -0.3 is 20.5 Å². The molecule has 0 aromatic heterocycles. The van der Waals surface area contributed by atoms with Gasteiger partial charge in [0.05, 0.1) is 18.6 Å². The summed E-state index contributed by atoms with van der Waals surface area (Å²) in [4.78, 5) is 47.0. The van der Waals surface area contributed by atoms with Crippen LogP contribution in [0.25, 0.3) is 0 Å². The minimum absolute atomic E-state index is 0.0667. The Labute approximate surface area is 164 Å². The van der Waals surface area contributed by atoms with E-state index in [1.807, 2.05) is 37.3 Å². The Kier molecular flexibility index (Phi) is 9.70. The maximum atomic E-state index is 12.0. The van der Waals surface area contributed by atoms with Gasteiger partial charge in [-0.1, -0.05) is 37.3 Å². The monoisotopic (exact) mass is 392 g/mol. The standard InChI is InChI=1S/C20H28N2O6/c1-4-28-20(27)13(2)12-16(19(25)26)22-18(24)11-10-17(23)21-14(3)15-8-6-5-7-9-15/h5-9,13-14,16H,4,10-12H2,1-3H3,(H,21,23)(H,22,24)(H,25,26)/t13-,14+,16-/m0/s1. The van der Waals surface area contributed by atoms with Crippen LogP contribution in [0.15, 0.2) is 30.3 Å². The van der Waals surface area contributed by atoms with Gasteiger partial charge in [-0.05, 0) is 25.8 Å². The maximum Gasteiger partial charge on any atom is 0.326 e. The molecule has 8 nitrogen and oxygen atoms in total. The summed E-state index contributed by atoms with van der Waals surface area (Å²) in [6.07, 6.45) is -0.301. The molecule has 154 valence electrons. The first-order valence-corrected chi connectivity index (χ1v) is 9.27. The Bertz CT molecular complexity index is 677. The van der Waals surface area contributed by atoms with Gasteiger partial charge >= 0.3 is 11.9 Å². The van der Waals surface area contributed by atoms with Gasteiger partial charge in [0.15, 0.2) is 0 Å². The molecule has 0 aliphatic rings. The molecule has 0 saturated heterocycles. The summed E-state index contributed by atoms with van der Waals surface area (Å²) in [6, 6.07) is 7.97. The van der Waals surface area contributed by atoms with E-state index in [0.29, 0.717) is 0 Å². The molecular weight excluding hydrogens is 364 g/mol. The molecule has 1 rings (SSSR count). The Balaban J connectivity index is 2.46. The third-order valence-corrected chi connectivity index (χ3v) is 4.17. The van der Waals surface area contributed by atoms with Crippen molar-refractivity contribution in [3.63, 3.8) is 0 Å². The van der Waals surface area contributed by atoms with Crippen LogP contribution in [-0.4, -0.2) is 41.5 Å². The Morgan fingerprint density at radius 3 is 2.11 bits per heavy atom. The third-order valence-electron chi connectivity index (χ3n) is 4.17. The molecule has 28 heavy (non-hydrogen) atoms. The van der Waals surface area contributed by atoms with Crippen LogP contribution in [0.2, 0.25) is 0 Å². The van der Waals surface area contributed by atoms with Crippen LogP contribution in [-0.2, 0) is 23.9 Å². The largest absolute Gasteiger partial charge is 0.480 e. The van der Waals surface area contributed by atoms with Gasteiger partial charge in [-0.25, -0.2) is 4.79 Å². The van der Waals surface area contributed by atoms with Crippen molar-refractivity contribution in [1.29, 1.82) is 0 Å². The first-order chi connectivity index (χ1) is 13.2. The van der Waals surface area contributed by atoms with Gasteiger partial charge in [0.25, 0.3) is 0 Å². The lowest BCUT2D eigenvalue weighted by Crippen LogP contribution is -2.43. The lowest BCUT2D eigenvalue weighted by molar-refractivity contribution is -0.149. The molecule has 0 fully saturated rings. The normalized spacial score (nSPS) is 13.7. The predicted octanol–water partition coefficient (Wildman–Crippen LogP) is 1.80. The lowest BCUT2D eigenvalue weighted by atomic mass is 10.0. The number of benzene rings is 1. The van der Waals surface area contributed by atoms with E-state index in [4.69, 9.17) is 4.74 Å². The van der Waals surface area contributed by atoms with Crippen molar-refractivity contribution in [1.82, 2.24) is 10.6 Å². The fraction of sp³-hybridized carbons (Fsp3) is 0.500. The van der Waals surface area contributed by atoms with Crippen LogP contribution < -0.4 is 10.6 Å².